The van der Waals surface area contributed by atoms with Crippen LogP contribution in [0.15, 0.2) is 84.4 Å². The largest absolute Gasteiger partial charge is 0.462 e. The van der Waals surface area contributed by atoms with E-state index in [0.717, 1.165) is 11.1 Å². The van der Waals surface area contributed by atoms with E-state index < -0.39 is 0 Å². The maximum Gasteiger partial charge on any atom is 0.338 e. The SMILES string of the molecule is CCOC(=O)c1ccc(C=C2C=C(c3ccccc3)N(c3ccc(Cl)cc3Cl)C2=O)cc1. The zero-order valence-corrected chi connectivity index (χ0v) is 18.7. The molecular formula is C26H19Cl2NO3. The van der Waals surface area contributed by atoms with Gasteiger partial charge in [-0.25, -0.2) is 4.79 Å². The molecular weight excluding hydrogens is 445 g/mol. The molecule has 3 aromatic rings. The van der Waals surface area contributed by atoms with Crippen molar-refractivity contribution in [1.82, 2.24) is 0 Å². The van der Waals surface area contributed by atoms with Crippen LogP contribution in [0.4, 0.5) is 5.69 Å². The van der Waals surface area contributed by atoms with Crippen LogP contribution in [-0.2, 0) is 9.53 Å². The summed E-state index contributed by atoms with van der Waals surface area (Å²) in [5, 5.41) is 0.876. The van der Waals surface area contributed by atoms with Crippen LogP contribution in [-0.4, -0.2) is 18.5 Å². The first-order chi connectivity index (χ1) is 15.5. The molecule has 0 bridgehead atoms. The van der Waals surface area contributed by atoms with Crippen LogP contribution in [0.3, 0.4) is 0 Å². The fraction of sp³-hybridized carbons (Fsp3) is 0.0769. The quantitative estimate of drug-likeness (QED) is 0.314. The Hall–Kier alpha value is -3.34. The molecule has 6 heteroatoms. The van der Waals surface area contributed by atoms with Crippen LogP contribution in [0, 0.1) is 0 Å². The highest BCUT2D eigenvalue weighted by molar-refractivity contribution is 6.38. The van der Waals surface area contributed by atoms with Gasteiger partial charge in [0.2, 0.25) is 0 Å². The fourth-order valence-electron chi connectivity index (χ4n) is 3.45. The van der Waals surface area contributed by atoms with Gasteiger partial charge in [-0.05, 0) is 60.5 Å². The van der Waals surface area contributed by atoms with Crippen molar-refractivity contribution in [2.45, 2.75) is 6.92 Å². The van der Waals surface area contributed by atoms with Crippen LogP contribution in [0.1, 0.15) is 28.4 Å². The minimum Gasteiger partial charge on any atom is -0.462 e. The smallest absolute Gasteiger partial charge is 0.338 e. The van der Waals surface area contributed by atoms with Gasteiger partial charge in [0.15, 0.2) is 0 Å². The maximum atomic E-state index is 13.4. The Morgan fingerprint density at radius 1 is 1.00 bits per heavy atom. The van der Waals surface area contributed by atoms with Crippen LogP contribution < -0.4 is 4.90 Å². The van der Waals surface area contributed by atoms with E-state index >= 15 is 0 Å². The zero-order valence-electron chi connectivity index (χ0n) is 17.2. The first-order valence-corrected chi connectivity index (χ1v) is 10.8. The molecule has 0 saturated heterocycles. The lowest BCUT2D eigenvalue weighted by molar-refractivity contribution is -0.113. The number of amides is 1. The van der Waals surface area contributed by atoms with E-state index in [1.165, 1.54) is 0 Å². The lowest BCUT2D eigenvalue weighted by Gasteiger charge is -2.22. The molecule has 0 spiro atoms. The zero-order chi connectivity index (χ0) is 22.7. The number of hydrogen-bond donors (Lipinski definition) is 0. The van der Waals surface area contributed by atoms with Crippen LogP contribution in [0.2, 0.25) is 10.0 Å². The Morgan fingerprint density at radius 2 is 1.72 bits per heavy atom. The van der Waals surface area contributed by atoms with E-state index in [2.05, 4.69) is 0 Å². The molecule has 0 unspecified atom stereocenters. The summed E-state index contributed by atoms with van der Waals surface area (Å²) in [5.41, 5.74) is 3.90. The second kappa shape index (κ2) is 9.43. The van der Waals surface area contributed by atoms with Crippen molar-refractivity contribution in [3.8, 4) is 0 Å². The average Bonchev–Trinajstić information content (AvgIpc) is 3.11. The Balaban J connectivity index is 1.74. The number of rotatable bonds is 5. The second-order valence-electron chi connectivity index (χ2n) is 7.07. The lowest BCUT2D eigenvalue weighted by atomic mass is 10.1. The molecule has 4 rings (SSSR count). The number of carbonyl (C=O) groups excluding carboxylic acids is 2. The summed E-state index contributed by atoms with van der Waals surface area (Å²) in [7, 11) is 0. The van der Waals surface area contributed by atoms with Gasteiger partial charge in [-0.15, -0.1) is 0 Å². The first-order valence-electron chi connectivity index (χ1n) is 10.0. The first kappa shape index (κ1) is 21.9. The second-order valence-corrected chi connectivity index (χ2v) is 7.92. The standard InChI is InChI=1S/C26H19Cl2NO3/c1-2-32-26(31)19-10-8-17(9-11-19)14-20-15-24(18-6-4-3-5-7-18)29(25(20)30)23-13-12-21(27)16-22(23)28/h3-16H,2H2,1H3. The molecule has 1 aliphatic heterocycles. The van der Waals surface area contributed by atoms with E-state index in [0.29, 0.717) is 39.2 Å². The molecule has 0 fully saturated rings. The Morgan fingerprint density at radius 3 is 2.38 bits per heavy atom. The molecule has 1 heterocycles. The maximum absolute atomic E-state index is 13.4. The van der Waals surface area contributed by atoms with Crippen molar-refractivity contribution in [1.29, 1.82) is 0 Å². The highest BCUT2D eigenvalue weighted by Gasteiger charge is 2.31. The van der Waals surface area contributed by atoms with Gasteiger partial charge in [0.25, 0.3) is 5.91 Å². The predicted molar refractivity (Wildman–Crippen MR) is 129 cm³/mol. The molecule has 1 aliphatic rings. The summed E-state index contributed by atoms with van der Waals surface area (Å²) in [4.78, 5) is 26.9. The van der Waals surface area contributed by atoms with Crippen molar-refractivity contribution >= 4 is 52.5 Å². The van der Waals surface area contributed by atoms with Gasteiger partial charge in [-0.3, -0.25) is 9.69 Å². The molecule has 0 saturated carbocycles. The van der Waals surface area contributed by atoms with E-state index in [-0.39, 0.29) is 11.9 Å². The van der Waals surface area contributed by atoms with Gasteiger partial charge >= 0.3 is 5.97 Å². The van der Waals surface area contributed by atoms with Crippen molar-refractivity contribution < 1.29 is 14.3 Å². The number of benzene rings is 3. The van der Waals surface area contributed by atoms with Crippen molar-refractivity contribution in [3.63, 3.8) is 0 Å². The number of esters is 1. The molecule has 1 amide bonds. The highest BCUT2D eigenvalue weighted by Crippen LogP contribution is 2.39. The number of hydrogen-bond acceptors (Lipinski definition) is 3. The van der Waals surface area contributed by atoms with Gasteiger partial charge < -0.3 is 4.74 Å². The van der Waals surface area contributed by atoms with Crippen LogP contribution in [0.5, 0.6) is 0 Å². The fourth-order valence-corrected chi connectivity index (χ4v) is 3.94. The van der Waals surface area contributed by atoms with E-state index in [4.69, 9.17) is 27.9 Å². The summed E-state index contributed by atoms with van der Waals surface area (Å²) in [5.74, 6) is -0.582. The van der Waals surface area contributed by atoms with Gasteiger partial charge in [-0.1, -0.05) is 65.7 Å². The summed E-state index contributed by atoms with van der Waals surface area (Å²) < 4.78 is 5.02. The number of anilines is 1. The predicted octanol–water partition coefficient (Wildman–Crippen LogP) is 6.64. The number of ether oxygens (including phenoxy) is 1. The summed E-state index contributed by atoms with van der Waals surface area (Å²) >= 11 is 12.5. The molecule has 0 atom stereocenters. The number of carbonyl (C=O) groups is 2. The minimum atomic E-state index is -0.376. The van der Waals surface area contributed by atoms with Crippen molar-refractivity contribution in [2.75, 3.05) is 11.5 Å². The molecule has 32 heavy (non-hydrogen) atoms. The van der Waals surface area contributed by atoms with Gasteiger partial charge in [0, 0.05) is 10.6 Å². The van der Waals surface area contributed by atoms with Gasteiger partial charge in [-0.2, -0.15) is 0 Å². The lowest BCUT2D eigenvalue weighted by Crippen LogP contribution is -2.25. The molecule has 0 aromatic heterocycles. The summed E-state index contributed by atoms with van der Waals surface area (Å²) in [6.45, 7) is 2.08. The van der Waals surface area contributed by atoms with E-state index in [1.807, 2.05) is 36.4 Å². The van der Waals surface area contributed by atoms with E-state index in [9.17, 15) is 9.59 Å². The number of nitrogens with zero attached hydrogens (tertiary/aromatic N) is 1. The Labute approximate surface area is 196 Å². The van der Waals surface area contributed by atoms with Gasteiger partial charge in [0.1, 0.15) is 0 Å². The van der Waals surface area contributed by atoms with Crippen LogP contribution >= 0.6 is 23.2 Å². The van der Waals surface area contributed by atoms with Crippen molar-refractivity contribution in [3.05, 3.63) is 111 Å². The molecule has 4 nitrogen and oxygen atoms in total. The Bertz CT molecular complexity index is 1230. The van der Waals surface area contributed by atoms with E-state index in [1.54, 1.807) is 60.4 Å². The highest BCUT2D eigenvalue weighted by atomic mass is 35.5. The van der Waals surface area contributed by atoms with Gasteiger partial charge in [0.05, 0.1) is 28.6 Å². The monoisotopic (exact) mass is 463 g/mol. The molecule has 160 valence electrons. The third kappa shape index (κ3) is 4.47. The average molecular weight is 464 g/mol. The molecule has 0 radical (unpaired) electrons. The van der Waals surface area contributed by atoms with Crippen LogP contribution in [0.25, 0.3) is 11.8 Å². The molecule has 3 aromatic carbocycles. The number of halogens is 2. The van der Waals surface area contributed by atoms with Crippen molar-refractivity contribution in [2.24, 2.45) is 0 Å². The molecule has 0 aliphatic carbocycles. The Kier molecular flexibility index (Phi) is 6.45. The summed E-state index contributed by atoms with van der Waals surface area (Å²) in [6, 6.07) is 21.6. The third-order valence-corrected chi connectivity index (χ3v) is 5.49. The summed E-state index contributed by atoms with van der Waals surface area (Å²) in [6.07, 6.45) is 3.62. The minimum absolute atomic E-state index is 0.206. The third-order valence-electron chi connectivity index (χ3n) is 4.95. The topological polar surface area (TPSA) is 46.6 Å². The normalized spacial score (nSPS) is 14.6. The molecule has 0 N–H and O–H groups in total.